The number of hydrogen-bond acceptors (Lipinski definition) is 2. The third-order valence-corrected chi connectivity index (χ3v) is 4.81. The third-order valence-electron chi connectivity index (χ3n) is 4.81. The van der Waals surface area contributed by atoms with E-state index in [0.717, 1.165) is 24.3 Å². The smallest absolute Gasteiger partial charge is 0.343 e. The summed E-state index contributed by atoms with van der Waals surface area (Å²) in [5, 5.41) is 5.22. The lowest BCUT2D eigenvalue weighted by molar-refractivity contribution is -0.137. The molecular formula is C24H20F4N2O2. The van der Waals surface area contributed by atoms with Crippen molar-refractivity contribution in [2.75, 3.05) is 0 Å². The molecule has 0 fully saturated rings. The zero-order valence-corrected chi connectivity index (χ0v) is 17.0. The second kappa shape index (κ2) is 9.64. The molecule has 3 rings (SSSR count). The molecule has 1 unspecified atom stereocenters. The van der Waals surface area contributed by atoms with E-state index in [1.807, 2.05) is 0 Å². The standard InChI is InChI=1S/C24H20F4N2O2/c1-15(29-23(32)17-10-12-20(25)13-11-17)22(31)30-21(16-6-3-2-4-7-16)18-8-5-9-19(14-18)24(26,27)28/h2-15,21H,1H3,(H,29,32)(H,30,31)/t15-,21?/m0/s1. The first kappa shape index (κ1) is 23.0. The van der Waals surface area contributed by atoms with Gasteiger partial charge in [0.2, 0.25) is 5.91 Å². The molecule has 3 aromatic carbocycles. The number of nitrogens with one attached hydrogen (secondary N) is 2. The van der Waals surface area contributed by atoms with Gasteiger partial charge in [0.1, 0.15) is 11.9 Å². The number of carbonyl (C=O) groups is 2. The Balaban J connectivity index is 1.81. The van der Waals surface area contributed by atoms with Gasteiger partial charge in [-0.05, 0) is 54.4 Å². The lowest BCUT2D eigenvalue weighted by Crippen LogP contribution is -2.46. The summed E-state index contributed by atoms with van der Waals surface area (Å²) in [4.78, 5) is 25.1. The lowest BCUT2D eigenvalue weighted by Gasteiger charge is -2.23. The largest absolute Gasteiger partial charge is 0.416 e. The fraction of sp³-hybridized carbons (Fsp3) is 0.167. The van der Waals surface area contributed by atoms with Gasteiger partial charge >= 0.3 is 6.18 Å². The van der Waals surface area contributed by atoms with Crippen molar-refractivity contribution in [2.45, 2.75) is 25.2 Å². The van der Waals surface area contributed by atoms with E-state index in [9.17, 15) is 27.2 Å². The summed E-state index contributed by atoms with van der Waals surface area (Å²) >= 11 is 0. The molecule has 8 heteroatoms. The van der Waals surface area contributed by atoms with Crippen molar-refractivity contribution in [3.63, 3.8) is 0 Å². The van der Waals surface area contributed by atoms with E-state index in [1.54, 1.807) is 30.3 Å². The quantitative estimate of drug-likeness (QED) is 0.533. The molecular weight excluding hydrogens is 424 g/mol. The molecule has 0 saturated heterocycles. The van der Waals surface area contributed by atoms with Gasteiger partial charge < -0.3 is 10.6 Å². The Kier molecular flexibility index (Phi) is 6.92. The van der Waals surface area contributed by atoms with Gasteiger partial charge in [0.15, 0.2) is 0 Å². The number of benzene rings is 3. The minimum absolute atomic E-state index is 0.170. The summed E-state index contributed by atoms with van der Waals surface area (Å²) in [6.45, 7) is 1.45. The molecule has 0 aliphatic carbocycles. The number of alkyl halides is 3. The molecule has 0 saturated carbocycles. The van der Waals surface area contributed by atoms with Gasteiger partial charge in [-0.3, -0.25) is 9.59 Å². The SMILES string of the molecule is C[C@H](NC(=O)c1ccc(F)cc1)C(=O)NC(c1ccccc1)c1cccc(C(F)(F)F)c1. The molecule has 166 valence electrons. The van der Waals surface area contributed by atoms with E-state index in [-0.39, 0.29) is 11.1 Å². The zero-order valence-electron chi connectivity index (χ0n) is 17.0. The molecule has 32 heavy (non-hydrogen) atoms. The topological polar surface area (TPSA) is 58.2 Å². The van der Waals surface area contributed by atoms with E-state index >= 15 is 0 Å². The minimum Gasteiger partial charge on any atom is -0.343 e. The summed E-state index contributed by atoms with van der Waals surface area (Å²) in [7, 11) is 0. The fourth-order valence-electron chi connectivity index (χ4n) is 3.11. The maximum absolute atomic E-state index is 13.2. The van der Waals surface area contributed by atoms with Crippen LogP contribution in [0.4, 0.5) is 17.6 Å². The Bertz CT molecular complexity index is 1080. The Morgan fingerprint density at radius 2 is 1.44 bits per heavy atom. The van der Waals surface area contributed by atoms with Gasteiger partial charge in [0.05, 0.1) is 11.6 Å². The third kappa shape index (κ3) is 5.72. The van der Waals surface area contributed by atoms with Crippen molar-refractivity contribution in [3.05, 3.63) is 107 Å². The average Bonchev–Trinajstić information content (AvgIpc) is 2.77. The second-order valence-electron chi connectivity index (χ2n) is 7.18. The van der Waals surface area contributed by atoms with Crippen LogP contribution in [0, 0.1) is 5.82 Å². The highest BCUT2D eigenvalue weighted by molar-refractivity contribution is 5.97. The number of carbonyl (C=O) groups excluding carboxylic acids is 2. The highest BCUT2D eigenvalue weighted by Crippen LogP contribution is 2.32. The van der Waals surface area contributed by atoms with E-state index < -0.39 is 41.5 Å². The number of halogens is 4. The zero-order chi connectivity index (χ0) is 23.3. The Labute approximate surface area is 182 Å². The molecule has 0 aromatic heterocycles. The molecule has 0 spiro atoms. The predicted octanol–water partition coefficient (Wildman–Crippen LogP) is 4.87. The van der Waals surface area contributed by atoms with Gasteiger partial charge in [0.25, 0.3) is 5.91 Å². The fourth-order valence-corrected chi connectivity index (χ4v) is 3.11. The van der Waals surface area contributed by atoms with Crippen LogP contribution in [0.2, 0.25) is 0 Å². The summed E-state index contributed by atoms with van der Waals surface area (Å²) < 4.78 is 52.6. The van der Waals surface area contributed by atoms with Crippen LogP contribution in [0.1, 0.15) is 40.0 Å². The van der Waals surface area contributed by atoms with Crippen LogP contribution < -0.4 is 10.6 Å². The average molecular weight is 444 g/mol. The highest BCUT2D eigenvalue weighted by atomic mass is 19.4. The molecule has 0 bridgehead atoms. The van der Waals surface area contributed by atoms with Gasteiger partial charge in [-0.2, -0.15) is 13.2 Å². The number of amides is 2. The normalized spacial score (nSPS) is 13.2. The van der Waals surface area contributed by atoms with E-state index in [2.05, 4.69) is 10.6 Å². The Morgan fingerprint density at radius 3 is 2.06 bits per heavy atom. The predicted molar refractivity (Wildman–Crippen MR) is 111 cm³/mol. The molecule has 0 aliphatic rings. The van der Waals surface area contributed by atoms with Crippen LogP contribution in [0.5, 0.6) is 0 Å². The first-order valence-corrected chi connectivity index (χ1v) is 9.74. The van der Waals surface area contributed by atoms with E-state index in [0.29, 0.717) is 5.56 Å². The van der Waals surface area contributed by atoms with Crippen LogP contribution in [0.25, 0.3) is 0 Å². The monoisotopic (exact) mass is 444 g/mol. The number of rotatable bonds is 6. The summed E-state index contributed by atoms with van der Waals surface area (Å²) in [5.41, 5.74) is 0.167. The molecule has 2 amide bonds. The van der Waals surface area contributed by atoms with Crippen molar-refractivity contribution in [1.29, 1.82) is 0 Å². The molecule has 3 aromatic rings. The summed E-state index contributed by atoms with van der Waals surface area (Å²) in [5.74, 6) is -1.67. The highest BCUT2D eigenvalue weighted by Gasteiger charge is 2.31. The first-order chi connectivity index (χ1) is 15.1. The van der Waals surface area contributed by atoms with E-state index in [4.69, 9.17) is 0 Å². The van der Waals surface area contributed by atoms with Crippen molar-refractivity contribution in [1.82, 2.24) is 10.6 Å². The van der Waals surface area contributed by atoms with E-state index in [1.165, 1.54) is 31.2 Å². The van der Waals surface area contributed by atoms with Crippen LogP contribution in [0.3, 0.4) is 0 Å². The molecule has 0 radical (unpaired) electrons. The van der Waals surface area contributed by atoms with Crippen molar-refractivity contribution in [3.8, 4) is 0 Å². The van der Waals surface area contributed by atoms with Gasteiger partial charge in [-0.1, -0.05) is 42.5 Å². The molecule has 0 heterocycles. The molecule has 2 N–H and O–H groups in total. The maximum Gasteiger partial charge on any atom is 0.416 e. The van der Waals surface area contributed by atoms with Crippen molar-refractivity contribution in [2.24, 2.45) is 0 Å². The lowest BCUT2D eigenvalue weighted by atomic mass is 9.96. The van der Waals surface area contributed by atoms with Crippen LogP contribution >= 0.6 is 0 Å². The van der Waals surface area contributed by atoms with Gasteiger partial charge in [-0.25, -0.2) is 4.39 Å². The van der Waals surface area contributed by atoms with Crippen LogP contribution in [-0.2, 0) is 11.0 Å². The van der Waals surface area contributed by atoms with Crippen molar-refractivity contribution >= 4 is 11.8 Å². The molecule has 0 aliphatic heterocycles. The second-order valence-corrected chi connectivity index (χ2v) is 7.18. The summed E-state index contributed by atoms with van der Waals surface area (Å²) in [6.07, 6.45) is -4.53. The van der Waals surface area contributed by atoms with Crippen LogP contribution in [0.15, 0.2) is 78.9 Å². The van der Waals surface area contributed by atoms with Gasteiger partial charge in [-0.15, -0.1) is 0 Å². The van der Waals surface area contributed by atoms with Gasteiger partial charge in [0, 0.05) is 5.56 Å². The summed E-state index contributed by atoms with van der Waals surface area (Å²) in [6, 6.07) is 16.2. The molecule has 4 nitrogen and oxygen atoms in total. The van der Waals surface area contributed by atoms with Crippen LogP contribution in [-0.4, -0.2) is 17.9 Å². The minimum atomic E-state index is -4.53. The molecule has 2 atom stereocenters. The Hall–Kier alpha value is -3.68. The first-order valence-electron chi connectivity index (χ1n) is 9.74. The Morgan fingerprint density at radius 1 is 0.812 bits per heavy atom. The number of hydrogen-bond donors (Lipinski definition) is 2. The maximum atomic E-state index is 13.2. The van der Waals surface area contributed by atoms with Crippen molar-refractivity contribution < 1.29 is 27.2 Å².